The molecule has 0 rings (SSSR count). The largest absolute Gasteiger partial charge is 0.392 e. The Labute approximate surface area is 114 Å². The summed E-state index contributed by atoms with van der Waals surface area (Å²) in [5, 5.41) is 9.71. The highest BCUT2D eigenvalue weighted by Gasteiger charge is 1.92. The summed E-state index contributed by atoms with van der Waals surface area (Å²) in [5.41, 5.74) is 4.13. The van der Waals surface area contributed by atoms with Crippen LogP contribution in [0.15, 0.2) is 34.9 Å². The fourth-order valence-electron chi connectivity index (χ4n) is 1.51. The Balaban J connectivity index is 3.83. The van der Waals surface area contributed by atoms with Crippen molar-refractivity contribution in [1.82, 2.24) is 0 Å². The predicted molar refractivity (Wildman–Crippen MR) is 80.6 cm³/mol. The van der Waals surface area contributed by atoms with Crippen LogP contribution in [0, 0.1) is 0 Å². The highest BCUT2D eigenvalue weighted by Crippen LogP contribution is 2.11. The third-order valence-corrected chi connectivity index (χ3v) is 3.60. The van der Waals surface area contributed by atoms with Crippen LogP contribution in [-0.2, 0) is 0 Å². The van der Waals surface area contributed by atoms with Crippen molar-refractivity contribution in [3.05, 3.63) is 34.9 Å². The fraction of sp³-hybridized carbons (Fsp3) is 0.600. The normalized spacial score (nSPS) is 14.3. The van der Waals surface area contributed by atoms with Gasteiger partial charge < -0.3 is 5.11 Å². The predicted octanol–water partition coefficient (Wildman–Crippen LogP) is 4.77. The van der Waals surface area contributed by atoms with E-state index in [0.29, 0.717) is 0 Å². The van der Waals surface area contributed by atoms with Crippen molar-refractivity contribution in [1.29, 1.82) is 0 Å². The van der Waals surface area contributed by atoms with E-state index in [1.165, 1.54) is 16.7 Å². The maximum atomic E-state index is 8.73. The lowest BCUT2D eigenvalue weighted by atomic mass is 10.1. The van der Waals surface area contributed by atoms with Crippen molar-refractivity contribution in [2.75, 3.05) is 11.9 Å². The summed E-state index contributed by atoms with van der Waals surface area (Å²) in [5.74, 6) is 0. The van der Waals surface area contributed by atoms with Crippen molar-refractivity contribution in [2.24, 2.45) is 0 Å². The van der Waals surface area contributed by atoms with E-state index < -0.39 is 0 Å². The Bertz CT molecular complexity index is 287. The molecule has 0 aromatic rings. The number of alkyl halides is 1. The van der Waals surface area contributed by atoms with Gasteiger partial charge in [-0.05, 0) is 46.5 Å². The zero-order valence-corrected chi connectivity index (χ0v) is 12.9. The Kier molecular flexibility index (Phi) is 10.6. The van der Waals surface area contributed by atoms with E-state index in [-0.39, 0.29) is 6.61 Å². The van der Waals surface area contributed by atoms with Gasteiger partial charge in [-0.15, -0.1) is 0 Å². The summed E-state index contributed by atoms with van der Waals surface area (Å²) in [4.78, 5) is 0. The molecule has 0 saturated heterocycles. The van der Waals surface area contributed by atoms with Crippen LogP contribution in [0.3, 0.4) is 0 Å². The monoisotopic (exact) mass is 300 g/mol. The third kappa shape index (κ3) is 10.5. The maximum Gasteiger partial charge on any atom is 0.0614 e. The average molecular weight is 301 g/mol. The lowest BCUT2D eigenvalue weighted by Crippen LogP contribution is -1.83. The quantitative estimate of drug-likeness (QED) is 0.505. The van der Waals surface area contributed by atoms with Gasteiger partial charge in [-0.25, -0.2) is 0 Å². The van der Waals surface area contributed by atoms with Crippen molar-refractivity contribution < 1.29 is 5.11 Å². The first-order valence-corrected chi connectivity index (χ1v) is 7.36. The topological polar surface area (TPSA) is 20.2 Å². The first kappa shape index (κ1) is 16.7. The Morgan fingerprint density at radius 2 is 1.35 bits per heavy atom. The summed E-state index contributed by atoms with van der Waals surface area (Å²) < 4.78 is 0. The SMILES string of the molecule is C/C(=C\CC/C(C)=C/CC/C(C)=C/CO)CBr. The van der Waals surface area contributed by atoms with Gasteiger partial charge in [-0.1, -0.05) is 50.9 Å². The smallest absolute Gasteiger partial charge is 0.0614 e. The minimum absolute atomic E-state index is 0.158. The number of hydrogen-bond acceptors (Lipinski definition) is 1. The van der Waals surface area contributed by atoms with Crippen molar-refractivity contribution >= 4 is 15.9 Å². The van der Waals surface area contributed by atoms with E-state index in [1.54, 1.807) is 0 Å². The van der Waals surface area contributed by atoms with E-state index in [4.69, 9.17) is 5.11 Å². The number of halogens is 1. The van der Waals surface area contributed by atoms with Gasteiger partial charge in [0.15, 0.2) is 0 Å². The van der Waals surface area contributed by atoms with Gasteiger partial charge in [0.2, 0.25) is 0 Å². The average Bonchev–Trinajstić information content (AvgIpc) is 2.29. The van der Waals surface area contributed by atoms with E-state index in [2.05, 4.69) is 48.9 Å². The molecule has 0 unspecified atom stereocenters. The number of hydrogen-bond donors (Lipinski definition) is 1. The molecule has 0 aliphatic heterocycles. The van der Waals surface area contributed by atoms with Gasteiger partial charge in [0.05, 0.1) is 6.61 Å². The molecule has 1 N–H and O–H groups in total. The lowest BCUT2D eigenvalue weighted by Gasteiger charge is -2.01. The van der Waals surface area contributed by atoms with Gasteiger partial charge in [0, 0.05) is 5.33 Å². The Morgan fingerprint density at radius 3 is 1.82 bits per heavy atom. The molecule has 0 saturated carbocycles. The summed E-state index contributed by atoms with van der Waals surface area (Å²) >= 11 is 3.45. The van der Waals surface area contributed by atoms with Crippen LogP contribution >= 0.6 is 15.9 Å². The van der Waals surface area contributed by atoms with E-state index >= 15 is 0 Å². The molecule has 0 bridgehead atoms. The first-order valence-electron chi connectivity index (χ1n) is 6.23. The molecule has 0 atom stereocenters. The summed E-state index contributed by atoms with van der Waals surface area (Å²) in [6.45, 7) is 6.58. The van der Waals surface area contributed by atoms with E-state index in [0.717, 1.165) is 31.0 Å². The van der Waals surface area contributed by atoms with Crippen molar-refractivity contribution in [2.45, 2.75) is 46.5 Å². The zero-order valence-electron chi connectivity index (χ0n) is 11.3. The highest BCUT2D eigenvalue weighted by atomic mass is 79.9. The van der Waals surface area contributed by atoms with Gasteiger partial charge in [0.1, 0.15) is 0 Å². The molecule has 0 radical (unpaired) electrons. The molecule has 0 aliphatic carbocycles. The molecule has 0 aromatic carbocycles. The van der Waals surface area contributed by atoms with Crippen LogP contribution in [0.5, 0.6) is 0 Å². The number of aliphatic hydroxyl groups excluding tert-OH is 1. The minimum atomic E-state index is 0.158. The molecule has 2 heteroatoms. The second-order valence-electron chi connectivity index (χ2n) is 4.54. The molecule has 1 nitrogen and oxygen atoms in total. The van der Waals surface area contributed by atoms with Crippen LogP contribution in [0.1, 0.15) is 46.5 Å². The second kappa shape index (κ2) is 10.8. The van der Waals surface area contributed by atoms with Crippen LogP contribution in [0.4, 0.5) is 0 Å². The standard InChI is InChI=1S/C15H25BrO/c1-13(7-5-9-15(3)12-16)6-4-8-14(2)10-11-17/h6,9-10,17H,4-5,7-8,11-12H2,1-3H3/b13-6+,14-10+,15-9+. The van der Waals surface area contributed by atoms with E-state index in [9.17, 15) is 0 Å². The first-order chi connectivity index (χ1) is 8.10. The van der Waals surface area contributed by atoms with Gasteiger partial charge in [-0.3, -0.25) is 0 Å². The van der Waals surface area contributed by atoms with Crippen LogP contribution < -0.4 is 0 Å². The van der Waals surface area contributed by atoms with Gasteiger partial charge in [-0.2, -0.15) is 0 Å². The summed E-state index contributed by atoms with van der Waals surface area (Å²) in [7, 11) is 0. The van der Waals surface area contributed by atoms with E-state index in [1.807, 2.05) is 6.08 Å². The highest BCUT2D eigenvalue weighted by molar-refractivity contribution is 9.09. The van der Waals surface area contributed by atoms with Crippen LogP contribution in [-0.4, -0.2) is 17.0 Å². The lowest BCUT2D eigenvalue weighted by molar-refractivity contribution is 0.341. The summed E-state index contributed by atoms with van der Waals surface area (Å²) in [6.07, 6.45) is 10.9. The molecule has 0 fully saturated rings. The van der Waals surface area contributed by atoms with Gasteiger partial charge in [0.25, 0.3) is 0 Å². The van der Waals surface area contributed by atoms with Crippen molar-refractivity contribution in [3.8, 4) is 0 Å². The molecule has 0 aliphatic rings. The molecule has 0 spiro atoms. The van der Waals surface area contributed by atoms with Crippen molar-refractivity contribution in [3.63, 3.8) is 0 Å². The molecule has 0 amide bonds. The second-order valence-corrected chi connectivity index (χ2v) is 5.11. The number of allylic oxidation sites excluding steroid dienone is 5. The molecule has 0 heterocycles. The minimum Gasteiger partial charge on any atom is -0.392 e. The Hall–Kier alpha value is -0.340. The molecular weight excluding hydrogens is 276 g/mol. The molecule has 17 heavy (non-hydrogen) atoms. The fourth-order valence-corrected chi connectivity index (χ4v) is 1.74. The molecular formula is C15H25BrO. The summed E-state index contributed by atoms with van der Waals surface area (Å²) in [6, 6.07) is 0. The third-order valence-electron chi connectivity index (χ3n) is 2.71. The Morgan fingerprint density at radius 1 is 0.882 bits per heavy atom. The van der Waals surface area contributed by atoms with Crippen LogP contribution in [0.2, 0.25) is 0 Å². The van der Waals surface area contributed by atoms with Crippen LogP contribution in [0.25, 0.3) is 0 Å². The number of aliphatic hydroxyl groups is 1. The number of rotatable bonds is 8. The zero-order chi connectivity index (χ0) is 13.1. The molecule has 0 aromatic heterocycles. The van der Waals surface area contributed by atoms with Gasteiger partial charge >= 0.3 is 0 Å². The maximum absolute atomic E-state index is 8.73. The molecule has 98 valence electrons.